The number of aromatic nitrogens is 2. The zero-order chi connectivity index (χ0) is 12.3. The van der Waals surface area contributed by atoms with Gasteiger partial charge in [0, 0.05) is 45.4 Å². The Bertz CT molecular complexity index is 479. The summed E-state index contributed by atoms with van der Waals surface area (Å²) >= 11 is 1.63. The molecule has 2 aromatic rings. The van der Waals surface area contributed by atoms with E-state index in [4.69, 9.17) is 10.5 Å². The number of anilines is 1. The second-order valence-electron chi connectivity index (χ2n) is 3.91. The molecular formula is C11H18N4OS. The molecule has 6 heteroatoms. The van der Waals surface area contributed by atoms with Crippen molar-refractivity contribution in [2.24, 2.45) is 5.73 Å². The van der Waals surface area contributed by atoms with E-state index in [0.29, 0.717) is 6.54 Å². The minimum atomic E-state index is 0.502. The van der Waals surface area contributed by atoms with Gasteiger partial charge in [-0.05, 0) is 6.42 Å². The molecule has 0 aromatic carbocycles. The van der Waals surface area contributed by atoms with Gasteiger partial charge in [0.25, 0.3) is 0 Å². The fraction of sp³-hybridized carbons (Fsp3) is 0.545. The molecule has 0 unspecified atom stereocenters. The van der Waals surface area contributed by atoms with Crippen molar-refractivity contribution >= 4 is 22.1 Å². The monoisotopic (exact) mass is 254 g/mol. The average molecular weight is 254 g/mol. The molecule has 0 spiro atoms. The lowest BCUT2D eigenvalue weighted by Gasteiger charge is -2.17. The van der Waals surface area contributed by atoms with E-state index in [-0.39, 0.29) is 0 Å². The zero-order valence-corrected chi connectivity index (χ0v) is 11.0. The molecule has 2 aromatic heterocycles. The summed E-state index contributed by atoms with van der Waals surface area (Å²) < 4.78 is 7.12. The molecule has 0 aliphatic rings. The molecule has 17 heavy (non-hydrogen) atoms. The summed E-state index contributed by atoms with van der Waals surface area (Å²) in [5, 5.41) is 2.02. The predicted octanol–water partition coefficient (Wildman–Crippen LogP) is 1.33. The molecule has 94 valence electrons. The van der Waals surface area contributed by atoms with Crippen molar-refractivity contribution in [3.63, 3.8) is 0 Å². The fourth-order valence-electron chi connectivity index (χ4n) is 1.87. The van der Waals surface area contributed by atoms with Crippen LogP contribution in [0, 0.1) is 0 Å². The van der Waals surface area contributed by atoms with Crippen molar-refractivity contribution in [3.05, 3.63) is 17.3 Å². The van der Waals surface area contributed by atoms with Gasteiger partial charge in [-0.2, -0.15) is 0 Å². The van der Waals surface area contributed by atoms with Gasteiger partial charge in [0.1, 0.15) is 0 Å². The van der Waals surface area contributed by atoms with Gasteiger partial charge < -0.3 is 15.4 Å². The van der Waals surface area contributed by atoms with Crippen LogP contribution >= 0.6 is 11.3 Å². The maximum atomic E-state index is 5.81. The van der Waals surface area contributed by atoms with E-state index in [1.165, 1.54) is 0 Å². The molecule has 2 N–H and O–H groups in total. The molecular weight excluding hydrogens is 236 g/mol. The number of hydrogen-bond donors (Lipinski definition) is 1. The molecule has 0 aliphatic carbocycles. The SMILES string of the molecule is COCCCN(C)c1nc2sccn2c1CN. The van der Waals surface area contributed by atoms with Crippen LogP contribution in [-0.4, -0.2) is 36.7 Å². The molecule has 5 nitrogen and oxygen atoms in total. The van der Waals surface area contributed by atoms with Crippen LogP contribution in [0.2, 0.25) is 0 Å². The third-order valence-electron chi connectivity index (χ3n) is 2.74. The van der Waals surface area contributed by atoms with Crippen molar-refractivity contribution < 1.29 is 4.74 Å². The number of ether oxygens (including phenoxy) is 1. The summed E-state index contributed by atoms with van der Waals surface area (Å²) in [5.74, 6) is 0.982. The van der Waals surface area contributed by atoms with E-state index in [0.717, 1.165) is 36.0 Å². The Morgan fingerprint density at radius 2 is 2.41 bits per heavy atom. The summed E-state index contributed by atoms with van der Waals surface area (Å²) in [6.45, 7) is 2.19. The van der Waals surface area contributed by atoms with Gasteiger partial charge in [-0.3, -0.25) is 4.40 Å². The number of fused-ring (bicyclic) bond motifs is 1. The number of nitrogens with zero attached hydrogens (tertiary/aromatic N) is 3. The summed E-state index contributed by atoms with van der Waals surface area (Å²) in [5.41, 5.74) is 6.88. The van der Waals surface area contributed by atoms with Crippen LogP contribution in [-0.2, 0) is 11.3 Å². The van der Waals surface area contributed by atoms with Gasteiger partial charge in [0.05, 0.1) is 5.69 Å². The predicted molar refractivity (Wildman–Crippen MR) is 70.7 cm³/mol. The fourth-order valence-corrected chi connectivity index (χ4v) is 2.60. The molecule has 2 rings (SSSR count). The van der Waals surface area contributed by atoms with Crippen LogP contribution < -0.4 is 10.6 Å². The van der Waals surface area contributed by atoms with E-state index in [1.54, 1.807) is 18.4 Å². The molecule has 0 aliphatic heterocycles. The van der Waals surface area contributed by atoms with Crippen molar-refractivity contribution in [3.8, 4) is 0 Å². The third-order valence-corrected chi connectivity index (χ3v) is 3.49. The number of rotatable bonds is 6. The third kappa shape index (κ3) is 2.43. The maximum absolute atomic E-state index is 5.81. The summed E-state index contributed by atoms with van der Waals surface area (Å²) in [6, 6.07) is 0. The highest BCUT2D eigenvalue weighted by Crippen LogP contribution is 2.23. The zero-order valence-electron chi connectivity index (χ0n) is 10.2. The van der Waals surface area contributed by atoms with E-state index in [1.807, 2.05) is 18.6 Å². The molecule has 2 heterocycles. The van der Waals surface area contributed by atoms with Crippen LogP contribution in [0.15, 0.2) is 11.6 Å². The first-order valence-corrected chi connectivity index (χ1v) is 6.50. The van der Waals surface area contributed by atoms with Gasteiger partial charge in [-0.25, -0.2) is 4.98 Å². The molecule has 0 radical (unpaired) electrons. The van der Waals surface area contributed by atoms with Crippen LogP contribution in [0.5, 0.6) is 0 Å². The molecule has 0 saturated carbocycles. The van der Waals surface area contributed by atoms with Crippen molar-refractivity contribution in [1.29, 1.82) is 0 Å². The molecule has 0 amide bonds. The lowest BCUT2D eigenvalue weighted by atomic mass is 10.3. The smallest absolute Gasteiger partial charge is 0.195 e. The molecule has 0 fully saturated rings. The van der Waals surface area contributed by atoms with Crippen LogP contribution in [0.25, 0.3) is 4.96 Å². The average Bonchev–Trinajstić information content (AvgIpc) is 2.88. The first-order chi connectivity index (χ1) is 8.27. The highest BCUT2D eigenvalue weighted by Gasteiger charge is 2.14. The summed E-state index contributed by atoms with van der Waals surface area (Å²) in [4.78, 5) is 7.75. The maximum Gasteiger partial charge on any atom is 0.195 e. The van der Waals surface area contributed by atoms with Gasteiger partial charge in [-0.15, -0.1) is 11.3 Å². The molecule has 0 bridgehead atoms. The molecule has 0 atom stereocenters. The second kappa shape index (κ2) is 5.48. The van der Waals surface area contributed by atoms with Gasteiger partial charge in [-0.1, -0.05) is 0 Å². The van der Waals surface area contributed by atoms with Crippen LogP contribution in [0.3, 0.4) is 0 Å². The van der Waals surface area contributed by atoms with E-state index in [9.17, 15) is 0 Å². The van der Waals surface area contributed by atoms with E-state index in [2.05, 4.69) is 14.3 Å². The lowest BCUT2D eigenvalue weighted by molar-refractivity contribution is 0.196. The Morgan fingerprint density at radius 3 is 3.12 bits per heavy atom. The quantitative estimate of drug-likeness (QED) is 0.790. The highest BCUT2D eigenvalue weighted by atomic mass is 32.1. The standard InChI is InChI=1S/C11H18N4OS/c1-14(4-3-6-16-2)10-9(8-12)15-5-7-17-11(15)13-10/h5,7H,3-4,6,8,12H2,1-2H3. The second-order valence-corrected chi connectivity index (χ2v) is 4.78. The highest BCUT2D eigenvalue weighted by molar-refractivity contribution is 7.15. The van der Waals surface area contributed by atoms with Crippen LogP contribution in [0.4, 0.5) is 5.82 Å². The summed E-state index contributed by atoms with van der Waals surface area (Å²) in [7, 11) is 3.76. The normalized spacial score (nSPS) is 11.2. The Balaban J connectivity index is 2.18. The largest absolute Gasteiger partial charge is 0.385 e. The number of methoxy groups -OCH3 is 1. The number of nitrogens with two attached hydrogens (primary N) is 1. The first kappa shape index (κ1) is 12.3. The first-order valence-electron chi connectivity index (χ1n) is 5.62. The topological polar surface area (TPSA) is 55.8 Å². The van der Waals surface area contributed by atoms with E-state index < -0.39 is 0 Å². The Kier molecular flexibility index (Phi) is 3.98. The van der Waals surface area contributed by atoms with Gasteiger partial charge in [0.15, 0.2) is 10.8 Å². The molecule has 0 saturated heterocycles. The minimum absolute atomic E-state index is 0.502. The van der Waals surface area contributed by atoms with Crippen molar-refractivity contribution in [2.75, 3.05) is 32.2 Å². The lowest BCUT2D eigenvalue weighted by Crippen LogP contribution is -2.22. The number of hydrogen-bond acceptors (Lipinski definition) is 5. The van der Waals surface area contributed by atoms with Crippen LogP contribution in [0.1, 0.15) is 12.1 Å². The Hall–Kier alpha value is -1.11. The van der Waals surface area contributed by atoms with Gasteiger partial charge >= 0.3 is 0 Å². The van der Waals surface area contributed by atoms with Gasteiger partial charge in [0.2, 0.25) is 0 Å². The van der Waals surface area contributed by atoms with Crippen molar-refractivity contribution in [2.45, 2.75) is 13.0 Å². The number of thiazole rings is 1. The van der Waals surface area contributed by atoms with Crippen molar-refractivity contribution in [1.82, 2.24) is 9.38 Å². The summed E-state index contributed by atoms with van der Waals surface area (Å²) in [6.07, 6.45) is 3.00. The Labute approximate surface area is 105 Å². The minimum Gasteiger partial charge on any atom is -0.385 e. The Morgan fingerprint density at radius 1 is 1.59 bits per heavy atom. The van der Waals surface area contributed by atoms with E-state index >= 15 is 0 Å². The number of imidazole rings is 1.